The topological polar surface area (TPSA) is 29.9 Å². The number of hydrogen-bond acceptors (Lipinski definition) is 2. The summed E-state index contributed by atoms with van der Waals surface area (Å²) < 4.78 is 2.03. The average Bonchev–Trinajstić information content (AvgIpc) is 2.72. The van der Waals surface area contributed by atoms with Gasteiger partial charge in [0.25, 0.3) is 0 Å². The van der Waals surface area contributed by atoms with Crippen molar-refractivity contribution in [2.75, 3.05) is 0 Å². The fourth-order valence-electron chi connectivity index (χ4n) is 1.68. The molecule has 1 heterocycles. The molecule has 0 radical (unpaired) electrons. The highest BCUT2D eigenvalue weighted by atomic mass is 15.3. The molecule has 1 rings (SSSR count). The van der Waals surface area contributed by atoms with E-state index in [1.807, 2.05) is 16.9 Å². The third-order valence-electron chi connectivity index (χ3n) is 2.55. The first-order valence-electron chi connectivity index (χ1n) is 6.02. The van der Waals surface area contributed by atoms with Crippen LogP contribution in [0.3, 0.4) is 0 Å². The van der Waals surface area contributed by atoms with Crippen LogP contribution in [-0.2, 0) is 13.1 Å². The van der Waals surface area contributed by atoms with E-state index in [4.69, 9.17) is 6.42 Å². The molecule has 0 amide bonds. The zero-order valence-electron chi connectivity index (χ0n) is 10.2. The fourth-order valence-corrected chi connectivity index (χ4v) is 1.68. The van der Waals surface area contributed by atoms with Gasteiger partial charge in [0.2, 0.25) is 0 Å². The number of nitrogens with zero attached hydrogens (tertiary/aromatic N) is 2. The van der Waals surface area contributed by atoms with Crippen molar-refractivity contribution < 1.29 is 0 Å². The zero-order valence-corrected chi connectivity index (χ0v) is 10.2. The molecule has 0 fully saturated rings. The summed E-state index contributed by atoms with van der Waals surface area (Å²) in [5, 5.41) is 7.66. The first-order chi connectivity index (χ1) is 7.81. The Balaban J connectivity index is 2.47. The summed E-state index contributed by atoms with van der Waals surface area (Å²) in [6, 6.07) is 2.22. The molecule has 0 aliphatic rings. The van der Waals surface area contributed by atoms with E-state index in [-0.39, 0.29) is 6.04 Å². The van der Waals surface area contributed by atoms with Crippen LogP contribution in [0.25, 0.3) is 0 Å². The van der Waals surface area contributed by atoms with E-state index in [0.29, 0.717) is 0 Å². The van der Waals surface area contributed by atoms with Crippen molar-refractivity contribution in [1.29, 1.82) is 0 Å². The van der Waals surface area contributed by atoms with Gasteiger partial charge < -0.3 is 0 Å². The second-order valence-electron chi connectivity index (χ2n) is 3.93. The molecular formula is C13H21N3. The minimum atomic E-state index is 0.176. The Morgan fingerprint density at radius 2 is 2.31 bits per heavy atom. The molecule has 88 valence electrons. The van der Waals surface area contributed by atoms with Gasteiger partial charge in [-0.2, -0.15) is 5.10 Å². The smallest absolute Gasteiger partial charge is 0.0689 e. The Morgan fingerprint density at radius 1 is 1.50 bits per heavy atom. The summed E-state index contributed by atoms with van der Waals surface area (Å²) in [4.78, 5) is 0. The molecule has 1 unspecified atom stereocenters. The predicted molar refractivity (Wildman–Crippen MR) is 66.9 cm³/mol. The number of rotatable bonds is 7. The summed E-state index contributed by atoms with van der Waals surface area (Å²) in [6.07, 6.45) is 10.5. The average molecular weight is 219 g/mol. The van der Waals surface area contributed by atoms with Crippen LogP contribution < -0.4 is 5.32 Å². The van der Waals surface area contributed by atoms with E-state index in [2.05, 4.69) is 30.2 Å². The Hall–Kier alpha value is -1.27. The van der Waals surface area contributed by atoms with Gasteiger partial charge in [0.1, 0.15) is 0 Å². The van der Waals surface area contributed by atoms with Crippen molar-refractivity contribution in [3.63, 3.8) is 0 Å². The zero-order chi connectivity index (χ0) is 11.8. The molecule has 3 heteroatoms. The molecule has 0 bridgehead atoms. The van der Waals surface area contributed by atoms with E-state index in [0.717, 1.165) is 32.4 Å². The van der Waals surface area contributed by atoms with Crippen molar-refractivity contribution in [2.45, 2.75) is 52.2 Å². The molecule has 0 aliphatic heterocycles. The molecule has 0 spiro atoms. The summed E-state index contributed by atoms with van der Waals surface area (Å²) in [7, 11) is 0. The second-order valence-corrected chi connectivity index (χ2v) is 3.93. The number of hydrogen-bond donors (Lipinski definition) is 1. The van der Waals surface area contributed by atoms with Crippen molar-refractivity contribution in [2.24, 2.45) is 0 Å². The van der Waals surface area contributed by atoms with Crippen molar-refractivity contribution in [3.05, 3.63) is 18.0 Å². The van der Waals surface area contributed by atoms with Crippen molar-refractivity contribution in [1.82, 2.24) is 15.1 Å². The molecule has 1 atom stereocenters. The third kappa shape index (κ3) is 3.71. The van der Waals surface area contributed by atoms with Gasteiger partial charge in [0, 0.05) is 19.3 Å². The fraction of sp³-hybridized carbons (Fsp3) is 0.615. The first kappa shape index (κ1) is 12.8. The number of nitrogens with one attached hydrogen (secondary N) is 1. The lowest BCUT2D eigenvalue weighted by Gasteiger charge is -2.12. The van der Waals surface area contributed by atoms with Gasteiger partial charge in [-0.1, -0.05) is 26.2 Å². The van der Waals surface area contributed by atoms with Crippen LogP contribution in [0.5, 0.6) is 0 Å². The minimum Gasteiger partial charge on any atom is -0.298 e. The Bertz CT molecular complexity index is 335. The molecule has 3 nitrogen and oxygen atoms in total. The molecule has 1 aromatic heterocycles. The Labute approximate surface area is 98.2 Å². The first-order valence-corrected chi connectivity index (χ1v) is 6.02. The third-order valence-corrected chi connectivity index (χ3v) is 2.55. The highest BCUT2D eigenvalue weighted by molar-refractivity contribution is 5.04. The molecule has 1 aromatic rings. The second kappa shape index (κ2) is 7.08. The number of terminal acetylenes is 1. The maximum atomic E-state index is 5.46. The van der Waals surface area contributed by atoms with Gasteiger partial charge >= 0.3 is 0 Å². The van der Waals surface area contributed by atoms with Gasteiger partial charge in [0.15, 0.2) is 0 Å². The Kier molecular flexibility index (Phi) is 5.66. The van der Waals surface area contributed by atoms with E-state index in [1.54, 1.807) is 0 Å². The van der Waals surface area contributed by atoms with Crippen molar-refractivity contribution >= 4 is 0 Å². The molecular weight excluding hydrogens is 198 g/mol. The molecule has 0 saturated heterocycles. The quantitative estimate of drug-likeness (QED) is 0.712. The molecule has 0 aliphatic carbocycles. The van der Waals surface area contributed by atoms with Gasteiger partial charge in [-0.15, -0.1) is 6.42 Å². The number of aromatic nitrogens is 2. The van der Waals surface area contributed by atoms with Gasteiger partial charge in [0.05, 0.1) is 11.7 Å². The maximum absolute atomic E-state index is 5.46. The van der Waals surface area contributed by atoms with Crippen LogP contribution in [0.4, 0.5) is 0 Å². The SMILES string of the molecule is C#CC(CCC)NCc1ccnn1CCC. The van der Waals surface area contributed by atoms with Gasteiger partial charge in [-0.05, 0) is 18.9 Å². The summed E-state index contributed by atoms with van der Waals surface area (Å²) in [6.45, 7) is 6.07. The largest absolute Gasteiger partial charge is 0.298 e. The number of aryl methyl sites for hydroxylation is 1. The summed E-state index contributed by atoms with van der Waals surface area (Å²) in [5.74, 6) is 2.78. The van der Waals surface area contributed by atoms with E-state index in [9.17, 15) is 0 Å². The standard InChI is InChI=1S/C13H21N3/c1-4-7-12(6-3)14-11-13-8-9-15-16(13)10-5-2/h3,8-9,12,14H,4-5,7,10-11H2,1-2H3. The molecule has 1 N–H and O–H groups in total. The summed E-state index contributed by atoms with van der Waals surface area (Å²) in [5.41, 5.74) is 1.21. The van der Waals surface area contributed by atoms with E-state index in [1.165, 1.54) is 5.69 Å². The van der Waals surface area contributed by atoms with E-state index >= 15 is 0 Å². The predicted octanol–water partition coefficient (Wildman–Crippen LogP) is 2.18. The van der Waals surface area contributed by atoms with Crippen LogP contribution in [0.2, 0.25) is 0 Å². The maximum Gasteiger partial charge on any atom is 0.0689 e. The van der Waals surface area contributed by atoms with Crippen LogP contribution in [0.15, 0.2) is 12.3 Å². The van der Waals surface area contributed by atoms with Gasteiger partial charge in [-0.3, -0.25) is 10.00 Å². The highest BCUT2D eigenvalue weighted by Crippen LogP contribution is 2.02. The lowest BCUT2D eigenvalue weighted by Crippen LogP contribution is -2.28. The van der Waals surface area contributed by atoms with Crippen LogP contribution in [0, 0.1) is 12.3 Å². The highest BCUT2D eigenvalue weighted by Gasteiger charge is 2.05. The molecule has 0 aromatic carbocycles. The normalized spacial score (nSPS) is 12.3. The molecule has 16 heavy (non-hydrogen) atoms. The lowest BCUT2D eigenvalue weighted by atomic mass is 10.2. The van der Waals surface area contributed by atoms with Crippen LogP contribution in [0.1, 0.15) is 38.8 Å². The monoisotopic (exact) mass is 219 g/mol. The molecule has 0 saturated carbocycles. The van der Waals surface area contributed by atoms with Crippen LogP contribution >= 0.6 is 0 Å². The van der Waals surface area contributed by atoms with Crippen LogP contribution in [-0.4, -0.2) is 15.8 Å². The Morgan fingerprint density at radius 3 is 2.94 bits per heavy atom. The summed E-state index contributed by atoms with van der Waals surface area (Å²) >= 11 is 0. The minimum absolute atomic E-state index is 0.176. The lowest BCUT2D eigenvalue weighted by molar-refractivity contribution is 0.515. The van der Waals surface area contributed by atoms with Crippen molar-refractivity contribution in [3.8, 4) is 12.3 Å². The van der Waals surface area contributed by atoms with E-state index < -0.39 is 0 Å². The van der Waals surface area contributed by atoms with Gasteiger partial charge in [-0.25, -0.2) is 0 Å².